The lowest BCUT2D eigenvalue weighted by atomic mass is 10.1. The second-order valence-corrected chi connectivity index (χ2v) is 7.53. The molecule has 0 saturated carbocycles. The molecule has 1 aromatic heterocycles. The Hall–Kier alpha value is -1.33. The van der Waals surface area contributed by atoms with Crippen molar-refractivity contribution in [3.63, 3.8) is 0 Å². The first-order chi connectivity index (χ1) is 9.00. The quantitative estimate of drug-likeness (QED) is 0.552. The maximum atomic E-state index is 11.6. The second-order valence-electron chi connectivity index (χ2n) is 4.84. The Kier molecular flexibility index (Phi) is 5.00. The van der Waals surface area contributed by atoms with Crippen molar-refractivity contribution in [2.45, 2.75) is 31.1 Å². The summed E-state index contributed by atoms with van der Waals surface area (Å²) in [5.74, 6) is -1.28. The summed E-state index contributed by atoms with van der Waals surface area (Å²) in [4.78, 5) is 22.2. The molecule has 1 aromatic rings. The van der Waals surface area contributed by atoms with Crippen molar-refractivity contribution in [1.29, 1.82) is 0 Å². The summed E-state index contributed by atoms with van der Waals surface area (Å²) in [5, 5.41) is 14.7. The van der Waals surface area contributed by atoms with Crippen molar-refractivity contribution in [1.82, 2.24) is 19.5 Å². The molecule has 0 saturated heterocycles. The fourth-order valence-corrected chi connectivity index (χ4v) is 3.34. The van der Waals surface area contributed by atoms with Crippen molar-refractivity contribution < 1.29 is 18.3 Å². The highest BCUT2D eigenvalue weighted by molar-refractivity contribution is 7.99. The molecule has 114 valence electrons. The number of carbonyl (C=O) groups is 1. The molecule has 9 nitrogen and oxygen atoms in total. The molecule has 0 atom stereocenters. The van der Waals surface area contributed by atoms with Crippen LogP contribution in [0.1, 0.15) is 13.8 Å². The van der Waals surface area contributed by atoms with Crippen LogP contribution in [0.2, 0.25) is 0 Å². The first kappa shape index (κ1) is 16.7. The van der Waals surface area contributed by atoms with Crippen molar-refractivity contribution in [3.8, 4) is 0 Å². The first-order valence-corrected chi connectivity index (χ1v) is 8.37. The van der Waals surface area contributed by atoms with Crippen LogP contribution in [-0.4, -0.2) is 51.8 Å². The van der Waals surface area contributed by atoms with Gasteiger partial charge in [-0.25, -0.2) is 23.0 Å². The van der Waals surface area contributed by atoms with Crippen molar-refractivity contribution in [3.05, 3.63) is 10.5 Å². The van der Waals surface area contributed by atoms with Crippen molar-refractivity contribution in [2.24, 2.45) is 0 Å². The highest BCUT2D eigenvalue weighted by Crippen LogP contribution is 2.15. The van der Waals surface area contributed by atoms with E-state index in [1.165, 1.54) is 4.57 Å². The topological polar surface area (TPSA) is 134 Å². The van der Waals surface area contributed by atoms with Crippen LogP contribution in [0.4, 0.5) is 0 Å². The summed E-state index contributed by atoms with van der Waals surface area (Å²) in [6, 6.07) is 0. The third-order valence-electron chi connectivity index (χ3n) is 2.06. The summed E-state index contributed by atoms with van der Waals surface area (Å²) >= 11 is 0.878. The van der Waals surface area contributed by atoms with E-state index in [0.717, 1.165) is 18.0 Å². The lowest BCUT2D eigenvalue weighted by molar-refractivity contribution is -0.133. The third-order valence-corrected chi connectivity index (χ3v) is 3.95. The van der Waals surface area contributed by atoms with Gasteiger partial charge in [0.05, 0.1) is 12.0 Å². The summed E-state index contributed by atoms with van der Waals surface area (Å²) in [7, 11) is -3.43. The number of nitrogens with one attached hydrogen (secondary N) is 2. The number of hydrogen-bond donors (Lipinski definition) is 3. The van der Waals surface area contributed by atoms with Gasteiger partial charge >= 0.3 is 11.7 Å². The van der Waals surface area contributed by atoms with Gasteiger partial charge < -0.3 is 5.11 Å². The fraction of sp³-hybridized carbons (Fsp3) is 0.667. The number of aromatic nitrogens is 3. The van der Waals surface area contributed by atoms with Crippen molar-refractivity contribution >= 4 is 27.8 Å². The Bertz CT molecular complexity index is 646. The summed E-state index contributed by atoms with van der Waals surface area (Å²) < 4.78 is 26.1. The van der Waals surface area contributed by atoms with Crippen LogP contribution in [0.15, 0.2) is 9.95 Å². The average Bonchev–Trinajstić information content (AvgIpc) is 2.53. The number of hydrogen-bond acceptors (Lipinski definition) is 6. The number of carboxylic acid groups (broad SMARTS) is 1. The molecule has 0 aliphatic heterocycles. The van der Waals surface area contributed by atoms with Gasteiger partial charge in [0.2, 0.25) is 10.0 Å². The van der Waals surface area contributed by atoms with E-state index in [1.54, 1.807) is 13.8 Å². The van der Waals surface area contributed by atoms with Crippen LogP contribution < -0.4 is 10.4 Å². The van der Waals surface area contributed by atoms with Gasteiger partial charge in [-0.2, -0.15) is 0 Å². The zero-order valence-corrected chi connectivity index (χ0v) is 12.8. The largest absolute Gasteiger partial charge is 0.481 e. The SMILES string of the molecule is CC(C)(Cn1c(SCC(=O)O)n[nH]c1=O)NS(C)(=O)=O. The van der Waals surface area contributed by atoms with Gasteiger partial charge in [-0.05, 0) is 13.8 Å². The number of sulfonamides is 1. The molecule has 0 fully saturated rings. The Morgan fingerprint density at radius 3 is 2.65 bits per heavy atom. The molecule has 0 unspecified atom stereocenters. The van der Waals surface area contributed by atoms with E-state index in [2.05, 4.69) is 14.9 Å². The number of thioether (sulfide) groups is 1. The summed E-state index contributed by atoms with van der Waals surface area (Å²) in [5.41, 5.74) is -1.44. The number of aliphatic carboxylic acids is 1. The highest BCUT2D eigenvalue weighted by Gasteiger charge is 2.25. The van der Waals surface area contributed by atoms with E-state index in [9.17, 15) is 18.0 Å². The first-order valence-electron chi connectivity index (χ1n) is 5.49. The molecule has 0 aliphatic carbocycles. The Balaban J connectivity index is 2.94. The zero-order chi connectivity index (χ0) is 15.6. The van der Waals surface area contributed by atoms with Gasteiger partial charge in [0.25, 0.3) is 0 Å². The van der Waals surface area contributed by atoms with E-state index in [1.807, 2.05) is 0 Å². The molecule has 0 amide bonds. The normalized spacial score (nSPS) is 12.6. The Morgan fingerprint density at radius 2 is 2.15 bits per heavy atom. The van der Waals surface area contributed by atoms with E-state index >= 15 is 0 Å². The van der Waals surface area contributed by atoms with E-state index < -0.39 is 27.2 Å². The standard InChI is InChI=1S/C9H16N4O5S2/c1-9(2,12-20(3,17)18)5-13-7(16)10-11-8(13)19-4-6(14)15/h12H,4-5H2,1-3H3,(H,10,16)(H,14,15). The Labute approximate surface area is 119 Å². The van der Waals surface area contributed by atoms with Crippen LogP contribution in [0.25, 0.3) is 0 Å². The average molecular weight is 324 g/mol. The molecular formula is C9H16N4O5S2. The smallest absolute Gasteiger partial charge is 0.344 e. The number of nitrogens with zero attached hydrogens (tertiary/aromatic N) is 2. The van der Waals surface area contributed by atoms with Crippen molar-refractivity contribution in [2.75, 3.05) is 12.0 Å². The third kappa shape index (κ3) is 5.35. The maximum absolute atomic E-state index is 11.6. The molecule has 0 radical (unpaired) electrons. The van der Waals surface area contributed by atoms with Gasteiger partial charge in [0.1, 0.15) is 0 Å². The van der Waals surface area contributed by atoms with E-state index in [4.69, 9.17) is 5.11 Å². The Morgan fingerprint density at radius 1 is 1.55 bits per heavy atom. The molecule has 3 N–H and O–H groups in total. The number of carboxylic acids is 1. The molecule has 1 rings (SSSR count). The summed E-state index contributed by atoms with van der Waals surface area (Å²) in [6.45, 7) is 3.25. The van der Waals surface area contributed by atoms with Gasteiger partial charge in [0, 0.05) is 12.1 Å². The molecular weight excluding hydrogens is 308 g/mol. The lowest BCUT2D eigenvalue weighted by Crippen LogP contribution is -2.47. The minimum atomic E-state index is -3.43. The monoisotopic (exact) mass is 324 g/mol. The minimum absolute atomic E-state index is 0.0252. The predicted molar refractivity (Wildman–Crippen MR) is 73.3 cm³/mol. The fourth-order valence-electron chi connectivity index (χ4n) is 1.61. The van der Waals surface area contributed by atoms with E-state index in [-0.39, 0.29) is 17.5 Å². The predicted octanol–water partition coefficient (Wildman–Crippen LogP) is -0.924. The van der Waals surface area contributed by atoms with Gasteiger partial charge in [-0.3, -0.25) is 9.36 Å². The molecule has 11 heteroatoms. The molecule has 0 spiro atoms. The number of aromatic amines is 1. The molecule has 0 aromatic carbocycles. The molecule has 0 bridgehead atoms. The van der Waals surface area contributed by atoms with Crippen LogP contribution in [-0.2, 0) is 21.4 Å². The number of H-pyrrole nitrogens is 1. The zero-order valence-electron chi connectivity index (χ0n) is 11.2. The van der Waals surface area contributed by atoms with Gasteiger partial charge in [-0.1, -0.05) is 11.8 Å². The highest BCUT2D eigenvalue weighted by atomic mass is 32.2. The van der Waals surface area contributed by atoms with Crippen LogP contribution in [0, 0.1) is 0 Å². The van der Waals surface area contributed by atoms with Crippen LogP contribution in [0.5, 0.6) is 0 Å². The van der Waals surface area contributed by atoms with Gasteiger partial charge in [0.15, 0.2) is 5.16 Å². The lowest BCUT2D eigenvalue weighted by Gasteiger charge is -2.25. The molecule has 0 aliphatic rings. The second kappa shape index (κ2) is 5.97. The summed E-state index contributed by atoms with van der Waals surface area (Å²) in [6.07, 6.45) is 1.02. The van der Waals surface area contributed by atoms with E-state index in [0.29, 0.717) is 0 Å². The van der Waals surface area contributed by atoms with Gasteiger partial charge in [-0.15, -0.1) is 5.10 Å². The molecule has 20 heavy (non-hydrogen) atoms. The van der Waals surface area contributed by atoms with Crippen LogP contribution >= 0.6 is 11.8 Å². The maximum Gasteiger partial charge on any atom is 0.344 e. The number of rotatable bonds is 7. The molecule has 1 heterocycles. The minimum Gasteiger partial charge on any atom is -0.481 e. The van der Waals surface area contributed by atoms with Crippen LogP contribution in [0.3, 0.4) is 0 Å².